The van der Waals surface area contributed by atoms with Crippen molar-refractivity contribution in [2.45, 2.75) is 30.5 Å². The molecule has 1 aromatic rings. The minimum absolute atomic E-state index is 0.252. The molecule has 1 N–H and O–H groups in total. The van der Waals surface area contributed by atoms with Crippen LogP contribution in [0, 0.1) is 0 Å². The van der Waals surface area contributed by atoms with Gasteiger partial charge in [0.1, 0.15) is 0 Å². The molecule has 0 radical (unpaired) electrons. The maximum absolute atomic E-state index is 11.1. The average Bonchev–Trinajstić information content (AvgIpc) is 2.41. The number of hydrogen-bond donors (Lipinski definition) is 1. The Hall–Kier alpha value is -1.17. The van der Waals surface area contributed by atoms with Crippen LogP contribution in [0.3, 0.4) is 0 Å². The second-order valence-electron chi connectivity index (χ2n) is 5.51. The van der Waals surface area contributed by atoms with Gasteiger partial charge in [0.2, 0.25) is 5.88 Å². The highest BCUT2D eigenvalue weighted by atomic mass is 16.5. The maximum atomic E-state index is 11.1. The van der Waals surface area contributed by atoms with E-state index in [9.17, 15) is 5.11 Å². The van der Waals surface area contributed by atoms with Crippen LogP contribution in [-0.2, 0) is 10.3 Å². The van der Waals surface area contributed by atoms with Crippen LogP contribution in [0.5, 0.6) is 5.88 Å². The summed E-state index contributed by atoms with van der Waals surface area (Å²) in [7, 11) is 3.70. The van der Waals surface area contributed by atoms with Crippen molar-refractivity contribution in [1.82, 2.24) is 9.88 Å². The largest absolute Gasteiger partial charge is 0.481 e. The monoisotopic (exact) mass is 264 g/mol. The number of hydrogen-bond acceptors (Lipinski definition) is 5. The lowest BCUT2D eigenvalue weighted by atomic mass is 9.77. The van der Waals surface area contributed by atoms with Crippen molar-refractivity contribution in [3.63, 3.8) is 0 Å². The third kappa shape index (κ3) is 2.12. The molecule has 2 aliphatic rings. The standard InChI is InChI=1S/C14H20N2O3/c1-16-10-6-14(17,7-11(16)9-19-8-10)12-4-3-5-15-13(12)18-2/h3-5,10-11,17H,6-9H2,1-2H3. The average molecular weight is 264 g/mol. The molecule has 1 aromatic heterocycles. The van der Waals surface area contributed by atoms with E-state index in [0.29, 0.717) is 31.9 Å². The summed E-state index contributed by atoms with van der Waals surface area (Å²) in [5.41, 5.74) is -0.0758. The molecule has 0 saturated carbocycles. The first-order chi connectivity index (χ1) is 9.14. The third-order valence-electron chi connectivity index (χ3n) is 4.38. The Morgan fingerprint density at radius 1 is 1.42 bits per heavy atom. The summed E-state index contributed by atoms with van der Waals surface area (Å²) in [5, 5.41) is 11.1. The van der Waals surface area contributed by atoms with Gasteiger partial charge in [0, 0.05) is 23.8 Å². The predicted molar refractivity (Wildman–Crippen MR) is 70.1 cm³/mol. The first kappa shape index (κ1) is 12.8. The summed E-state index contributed by atoms with van der Waals surface area (Å²) in [6.07, 6.45) is 2.99. The molecule has 2 aliphatic heterocycles. The fourth-order valence-corrected chi connectivity index (χ4v) is 3.27. The highest BCUT2D eigenvalue weighted by molar-refractivity contribution is 5.33. The van der Waals surface area contributed by atoms with E-state index in [1.807, 2.05) is 12.1 Å². The van der Waals surface area contributed by atoms with E-state index >= 15 is 0 Å². The number of fused-ring (bicyclic) bond motifs is 2. The van der Waals surface area contributed by atoms with Crippen molar-refractivity contribution in [2.75, 3.05) is 27.4 Å². The van der Waals surface area contributed by atoms with Gasteiger partial charge in [-0.2, -0.15) is 0 Å². The molecule has 19 heavy (non-hydrogen) atoms. The summed E-state index contributed by atoms with van der Waals surface area (Å²) < 4.78 is 10.9. The van der Waals surface area contributed by atoms with Crippen LogP contribution in [0.2, 0.25) is 0 Å². The Labute approximate surface area is 113 Å². The lowest BCUT2D eigenvalue weighted by Crippen LogP contribution is -2.59. The molecular weight excluding hydrogens is 244 g/mol. The van der Waals surface area contributed by atoms with Crippen LogP contribution in [-0.4, -0.2) is 54.4 Å². The Bertz CT molecular complexity index is 452. The lowest BCUT2D eigenvalue weighted by Gasteiger charge is -2.50. The highest BCUT2D eigenvalue weighted by Crippen LogP contribution is 2.42. The first-order valence-electron chi connectivity index (χ1n) is 6.65. The number of likely N-dealkylation sites (N-methyl/N-ethyl adjacent to an activating group) is 1. The van der Waals surface area contributed by atoms with Crippen LogP contribution >= 0.6 is 0 Å². The normalized spacial score (nSPS) is 35.1. The number of morpholine rings is 1. The fraction of sp³-hybridized carbons (Fsp3) is 0.643. The van der Waals surface area contributed by atoms with Gasteiger partial charge in [0.25, 0.3) is 0 Å². The molecular formula is C14H20N2O3. The van der Waals surface area contributed by atoms with Crippen LogP contribution in [0.25, 0.3) is 0 Å². The SMILES string of the molecule is COc1ncccc1C1(O)CC2COCC(C1)N2C. The quantitative estimate of drug-likeness (QED) is 0.855. The molecule has 3 heterocycles. The summed E-state index contributed by atoms with van der Waals surface area (Å²) in [6.45, 7) is 1.36. The number of piperidine rings is 1. The summed E-state index contributed by atoms with van der Waals surface area (Å²) in [6, 6.07) is 4.26. The van der Waals surface area contributed by atoms with E-state index < -0.39 is 5.60 Å². The van der Waals surface area contributed by atoms with Gasteiger partial charge in [0.05, 0.1) is 25.9 Å². The zero-order valence-electron chi connectivity index (χ0n) is 11.4. The number of nitrogens with zero attached hydrogens (tertiary/aromatic N) is 2. The molecule has 2 bridgehead atoms. The zero-order chi connectivity index (χ0) is 13.5. The van der Waals surface area contributed by atoms with Gasteiger partial charge in [-0.1, -0.05) is 0 Å². The fourth-order valence-electron chi connectivity index (χ4n) is 3.27. The van der Waals surface area contributed by atoms with E-state index in [2.05, 4.69) is 16.9 Å². The molecule has 0 spiro atoms. The van der Waals surface area contributed by atoms with E-state index in [4.69, 9.17) is 9.47 Å². The Kier molecular flexibility index (Phi) is 3.20. The Morgan fingerprint density at radius 3 is 2.74 bits per heavy atom. The molecule has 2 atom stereocenters. The van der Waals surface area contributed by atoms with Gasteiger partial charge >= 0.3 is 0 Å². The minimum Gasteiger partial charge on any atom is -0.481 e. The lowest BCUT2D eigenvalue weighted by molar-refractivity contribution is -0.138. The summed E-state index contributed by atoms with van der Waals surface area (Å²) >= 11 is 0. The van der Waals surface area contributed by atoms with Crippen LogP contribution in [0.4, 0.5) is 0 Å². The Balaban J connectivity index is 1.95. The number of aromatic nitrogens is 1. The molecule has 2 fully saturated rings. The first-order valence-corrected chi connectivity index (χ1v) is 6.65. The number of ether oxygens (including phenoxy) is 2. The maximum Gasteiger partial charge on any atom is 0.219 e. The summed E-state index contributed by atoms with van der Waals surface area (Å²) in [4.78, 5) is 6.52. The molecule has 2 unspecified atom stereocenters. The van der Waals surface area contributed by atoms with E-state index in [1.165, 1.54) is 0 Å². The molecule has 3 rings (SSSR count). The number of aliphatic hydroxyl groups is 1. The molecule has 2 saturated heterocycles. The van der Waals surface area contributed by atoms with Gasteiger partial charge in [0.15, 0.2) is 0 Å². The number of methoxy groups -OCH3 is 1. The van der Waals surface area contributed by atoms with Gasteiger partial charge in [-0.3, -0.25) is 4.90 Å². The molecule has 0 aromatic carbocycles. The van der Waals surface area contributed by atoms with Crippen molar-refractivity contribution < 1.29 is 14.6 Å². The highest BCUT2D eigenvalue weighted by Gasteiger charge is 2.46. The number of rotatable bonds is 2. The summed E-state index contributed by atoms with van der Waals surface area (Å²) in [5.74, 6) is 0.522. The second-order valence-corrected chi connectivity index (χ2v) is 5.51. The smallest absolute Gasteiger partial charge is 0.219 e. The van der Waals surface area contributed by atoms with Crippen molar-refractivity contribution in [2.24, 2.45) is 0 Å². The van der Waals surface area contributed by atoms with E-state index in [0.717, 1.165) is 5.56 Å². The van der Waals surface area contributed by atoms with Crippen molar-refractivity contribution >= 4 is 0 Å². The minimum atomic E-state index is -0.870. The van der Waals surface area contributed by atoms with Gasteiger partial charge in [-0.25, -0.2) is 4.98 Å². The van der Waals surface area contributed by atoms with Crippen LogP contribution in [0.15, 0.2) is 18.3 Å². The van der Waals surface area contributed by atoms with Crippen molar-refractivity contribution in [3.8, 4) is 5.88 Å². The number of pyridine rings is 1. The van der Waals surface area contributed by atoms with E-state index in [-0.39, 0.29) is 12.1 Å². The Morgan fingerprint density at radius 2 is 2.11 bits per heavy atom. The molecule has 0 amide bonds. The topological polar surface area (TPSA) is 54.8 Å². The second kappa shape index (κ2) is 4.74. The molecule has 0 aliphatic carbocycles. The van der Waals surface area contributed by atoms with E-state index in [1.54, 1.807) is 13.3 Å². The van der Waals surface area contributed by atoms with Gasteiger partial charge < -0.3 is 14.6 Å². The molecule has 104 valence electrons. The molecule has 5 heteroatoms. The van der Waals surface area contributed by atoms with Gasteiger partial charge in [-0.05, 0) is 32.0 Å². The zero-order valence-corrected chi connectivity index (χ0v) is 11.4. The van der Waals surface area contributed by atoms with Crippen LogP contribution in [0.1, 0.15) is 18.4 Å². The van der Waals surface area contributed by atoms with Crippen molar-refractivity contribution in [3.05, 3.63) is 23.9 Å². The predicted octanol–water partition coefficient (Wildman–Crippen LogP) is 0.771. The van der Waals surface area contributed by atoms with Crippen molar-refractivity contribution in [1.29, 1.82) is 0 Å². The van der Waals surface area contributed by atoms with Crippen LogP contribution < -0.4 is 4.74 Å². The van der Waals surface area contributed by atoms with Gasteiger partial charge in [-0.15, -0.1) is 0 Å². The molecule has 5 nitrogen and oxygen atoms in total. The third-order valence-corrected chi connectivity index (χ3v) is 4.38.